The summed E-state index contributed by atoms with van der Waals surface area (Å²) in [5, 5.41) is 0.370. The van der Waals surface area contributed by atoms with E-state index in [4.69, 9.17) is 11.6 Å². The number of carbonyl (C=O) groups is 1. The van der Waals surface area contributed by atoms with E-state index in [1.165, 1.54) is 17.4 Å². The number of rotatable bonds is 2. The van der Waals surface area contributed by atoms with Crippen LogP contribution >= 0.6 is 11.3 Å². The number of fused-ring (bicyclic) bond motifs is 1. The van der Waals surface area contributed by atoms with Crippen LogP contribution in [0.1, 0.15) is 5.56 Å². The van der Waals surface area contributed by atoms with Gasteiger partial charge in [-0.1, -0.05) is 11.3 Å². The average molecular weight is 240 g/mol. The van der Waals surface area contributed by atoms with Gasteiger partial charge in [0.05, 0.1) is 16.6 Å². The SMILES string of the molecule is NNC(=O)Cc1cc2sc(N)nc2cc1F. The van der Waals surface area contributed by atoms with Gasteiger partial charge in [0.25, 0.3) is 0 Å². The molecule has 0 aliphatic carbocycles. The third-order valence-corrected chi connectivity index (χ3v) is 2.93. The highest BCUT2D eigenvalue weighted by Gasteiger charge is 2.11. The van der Waals surface area contributed by atoms with Crippen molar-refractivity contribution in [2.24, 2.45) is 5.84 Å². The van der Waals surface area contributed by atoms with Crippen LogP contribution in [-0.2, 0) is 11.2 Å². The van der Waals surface area contributed by atoms with E-state index in [0.717, 1.165) is 4.70 Å². The molecule has 1 amide bonds. The van der Waals surface area contributed by atoms with Crippen LogP contribution in [0.25, 0.3) is 10.2 Å². The maximum Gasteiger partial charge on any atom is 0.238 e. The Bertz CT molecular complexity index is 554. The van der Waals surface area contributed by atoms with Gasteiger partial charge in [-0.2, -0.15) is 0 Å². The summed E-state index contributed by atoms with van der Waals surface area (Å²) >= 11 is 1.25. The van der Waals surface area contributed by atoms with Crippen LogP contribution in [0, 0.1) is 5.82 Å². The zero-order valence-corrected chi connectivity index (χ0v) is 8.97. The minimum atomic E-state index is -0.485. The van der Waals surface area contributed by atoms with Gasteiger partial charge in [-0.25, -0.2) is 15.2 Å². The molecule has 0 bridgehead atoms. The number of hydrogen-bond acceptors (Lipinski definition) is 5. The zero-order valence-electron chi connectivity index (χ0n) is 8.16. The van der Waals surface area contributed by atoms with Crippen molar-refractivity contribution in [3.05, 3.63) is 23.5 Å². The first-order valence-corrected chi connectivity index (χ1v) is 5.25. The van der Waals surface area contributed by atoms with E-state index in [9.17, 15) is 9.18 Å². The van der Waals surface area contributed by atoms with E-state index >= 15 is 0 Å². The van der Waals surface area contributed by atoms with E-state index < -0.39 is 11.7 Å². The van der Waals surface area contributed by atoms with E-state index in [1.54, 1.807) is 6.07 Å². The van der Waals surface area contributed by atoms with Crippen molar-refractivity contribution in [1.82, 2.24) is 10.4 Å². The first-order valence-electron chi connectivity index (χ1n) is 4.44. The largest absolute Gasteiger partial charge is 0.375 e. The van der Waals surface area contributed by atoms with Crippen LogP contribution in [0.4, 0.5) is 9.52 Å². The number of carbonyl (C=O) groups excluding carboxylic acids is 1. The number of nitrogen functional groups attached to an aromatic ring is 1. The predicted octanol–water partition coefficient (Wildman–Crippen LogP) is 0.550. The number of halogens is 1. The van der Waals surface area contributed by atoms with E-state index in [-0.39, 0.29) is 12.0 Å². The smallest absolute Gasteiger partial charge is 0.238 e. The molecule has 16 heavy (non-hydrogen) atoms. The molecule has 1 aromatic carbocycles. The number of nitrogens with zero attached hydrogens (tertiary/aromatic N) is 1. The molecule has 0 radical (unpaired) electrons. The molecule has 7 heteroatoms. The van der Waals surface area contributed by atoms with Crippen LogP contribution in [0.2, 0.25) is 0 Å². The topological polar surface area (TPSA) is 94.0 Å². The standard InChI is InChI=1S/C9H9FN4OS/c10-5-3-6-7(16-9(11)13-6)1-4(5)2-8(15)14-12/h1,3H,2,12H2,(H2,11,13)(H,14,15). The van der Waals surface area contributed by atoms with Gasteiger partial charge in [-0.3, -0.25) is 10.2 Å². The fourth-order valence-electron chi connectivity index (χ4n) is 1.37. The number of nitrogens with two attached hydrogens (primary N) is 2. The number of aromatic nitrogens is 1. The molecular formula is C9H9FN4OS. The van der Waals surface area contributed by atoms with Crippen LogP contribution in [-0.4, -0.2) is 10.9 Å². The molecule has 5 N–H and O–H groups in total. The van der Waals surface area contributed by atoms with Crippen molar-refractivity contribution in [1.29, 1.82) is 0 Å². The molecule has 2 aromatic rings. The van der Waals surface area contributed by atoms with Crippen molar-refractivity contribution >= 4 is 32.6 Å². The molecule has 0 unspecified atom stereocenters. The summed E-state index contributed by atoms with van der Waals surface area (Å²) in [6.45, 7) is 0. The summed E-state index contributed by atoms with van der Waals surface area (Å²) in [4.78, 5) is 15.0. The third-order valence-electron chi connectivity index (χ3n) is 2.09. The number of anilines is 1. The Morgan fingerprint density at radius 1 is 1.56 bits per heavy atom. The van der Waals surface area contributed by atoms with Crippen LogP contribution in [0.3, 0.4) is 0 Å². The minimum Gasteiger partial charge on any atom is -0.375 e. The van der Waals surface area contributed by atoms with E-state index in [2.05, 4.69) is 4.98 Å². The molecule has 1 heterocycles. The van der Waals surface area contributed by atoms with Gasteiger partial charge in [0.1, 0.15) is 5.82 Å². The van der Waals surface area contributed by atoms with Gasteiger partial charge < -0.3 is 5.73 Å². The zero-order chi connectivity index (χ0) is 11.7. The Morgan fingerprint density at radius 2 is 2.31 bits per heavy atom. The summed E-state index contributed by atoms with van der Waals surface area (Å²) < 4.78 is 14.3. The van der Waals surface area contributed by atoms with Crippen molar-refractivity contribution < 1.29 is 9.18 Å². The molecule has 0 fully saturated rings. The summed E-state index contributed by atoms with van der Waals surface area (Å²) in [6, 6.07) is 2.83. The van der Waals surface area contributed by atoms with E-state index in [1.807, 2.05) is 5.43 Å². The van der Waals surface area contributed by atoms with Crippen molar-refractivity contribution in [3.63, 3.8) is 0 Å². The molecule has 0 aliphatic rings. The Labute approximate surface area is 94.2 Å². The van der Waals surface area contributed by atoms with Crippen LogP contribution < -0.4 is 17.0 Å². The number of benzene rings is 1. The lowest BCUT2D eigenvalue weighted by Crippen LogP contribution is -2.31. The van der Waals surface area contributed by atoms with Crippen LogP contribution in [0.15, 0.2) is 12.1 Å². The van der Waals surface area contributed by atoms with Gasteiger partial charge >= 0.3 is 0 Å². The maximum atomic E-state index is 13.5. The number of nitrogens with one attached hydrogen (secondary N) is 1. The second-order valence-corrected chi connectivity index (χ2v) is 4.27. The number of hydrazine groups is 1. The Balaban J connectivity index is 2.45. The molecular weight excluding hydrogens is 231 g/mol. The Kier molecular flexibility index (Phi) is 2.71. The van der Waals surface area contributed by atoms with Gasteiger partial charge in [-0.15, -0.1) is 0 Å². The fourth-order valence-corrected chi connectivity index (χ4v) is 2.15. The lowest BCUT2D eigenvalue weighted by molar-refractivity contribution is -0.120. The molecule has 0 saturated heterocycles. The normalized spacial score (nSPS) is 10.6. The lowest BCUT2D eigenvalue weighted by atomic mass is 10.1. The summed E-state index contributed by atoms with van der Waals surface area (Å²) in [7, 11) is 0. The Morgan fingerprint density at radius 3 is 3.00 bits per heavy atom. The van der Waals surface area contributed by atoms with Gasteiger partial charge in [-0.05, 0) is 11.6 Å². The average Bonchev–Trinajstić information content (AvgIpc) is 2.58. The lowest BCUT2D eigenvalue weighted by Gasteiger charge is -2.01. The minimum absolute atomic E-state index is 0.101. The number of thiazole rings is 1. The maximum absolute atomic E-state index is 13.5. The highest BCUT2D eigenvalue weighted by atomic mass is 32.1. The Hall–Kier alpha value is -1.73. The number of hydrogen-bond donors (Lipinski definition) is 3. The molecule has 2 rings (SSSR count). The first kappa shape index (κ1) is 10.8. The third kappa shape index (κ3) is 1.95. The van der Waals surface area contributed by atoms with E-state index in [0.29, 0.717) is 10.6 Å². The predicted molar refractivity (Wildman–Crippen MR) is 60.0 cm³/mol. The second-order valence-electron chi connectivity index (χ2n) is 3.21. The molecule has 84 valence electrons. The molecule has 0 aliphatic heterocycles. The van der Waals surface area contributed by atoms with Crippen molar-refractivity contribution in [2.45, 2.75) is 6.42 Å². The van der Waals surface area contributed by atoms with Crippen molar-refractivity contribution in [3.8, 4) is 0 Å². The fraction of sp³-hybridized carbons (Fsp3) is 0.111. The highest BCUT2D eigenvalue weighted by molar-refractivity contribution is 7.22. The first-order chi connectivity index (χ1) is 7.60. The molecule has 5 nitrogen and oxygen atoms in total. The summed E-state index contributed by atoms with van der Waals surface area (Å²) in [5.41, 5.74) is 8.23. The molecule has 0 spiro atoms. The summed E-state index contributed by atoms with van der Waals surface area (Å²) in [5.74, 6) is 4.00. The van der Waals surface area contributed by atoms with Gasteiger partial charge in [0.15, 0.2) is 5.13 Å². The van der Waals surface area contributed by atoms with Gasteiger partial charge in [0.2, 0.25) is 5.91 Å². The molecule has 1 aromatic heterocycles. The van der Waals surface area contributed by atoms with Gasteiger partial charge in [0, 0.05) is 6.07 Å². The quantitative estimate of drug-likeness (QED) is 0.406. The molecule has 0 atom stereocenters. The molecule has 0 saturated carbocycles. The monoisotopic (exact) mass is 240 g/mol. The summed E-state index contributed by atoms with van der Waals surface area (Å²) in [6.07, 6.45) is -0.101. The van der Waals surface area contributed by atoms with Crippen LogP contribution in [0.5, 0.6) is 0 Å². The van der Waals surface area contributed by atoms with Crippen molar-refractivity contribution in [2.75, 3.05) is 5.73 Å². The second kappa shape index (κ2) is 4.03. The number of amides is 1. The highest BCUT2D eigenvalue weighted by Crippen LogP contribution is 2.26.